The quantitative estimate of drug-likeness (QED) is 0.757. The standard InChI is InChI=1S/C19H19F2NO2/c1-3-13-22(15-9-11-16(24-2)12-10-15)17(19(20)21)18(23)14-7-5-4-6-8-14/h3-12,18,23H,1,13H2,2H3. The van der Waals surface area contributed by atoms with E-state index in [1.165, 1.54) is 18.1 Å². The fraction of sp³-hybridized carbons (Fsp3) is 0.158. The molecular formula is C19H19F2NO2. The third kappa shape index (κ3) is 4.00. The van der Waals surface area contributed by atoms with Crippen LogP contribution in [0.15, 0.2) is 79.0 Å². The SMILES string of the molecule is C=CCN(C(=C(F)F)C(O)c1ccccc1)c1ccc(OC)cc1. The molecule has 0 saturated carbocycles. The maximum atomic E-state index is 13.7. The third-order valence-corrected chi connectivity index (χ3v) is 3.55. The van der Waals surface area contributed by atoms with Gasteiger partial charge in [0.15, 0.2) is 0 Å². The van der Waals surface area contributed by atoms with Crippen molar-refractivity contribution in [3.63, 3.8) is 0 Å². The zero-order chi connectivity index (χ0) is 17.5. The lowest BCUT2D eigenvalue weighted by Crippen LogP contribution is -2.27. The molecule has 3 nitrogen and oxygen atoms in total. The summed E-state index contributed by atoms with van der Waals surface area (Å²) in [5, 5.41) is 10.5. The molecule has 2 aromatic carbocycles. The number of ether oxygens (including phenoxy) is 1. The molecule has 1 unspecified atom stereocenters. The molecule has 2 rings (SSSR count). The number of nitrogens with zero attached hydrogens (tertiary/aromatic N) is 1. The first-order valence-electron chi connectivity index (χ1n) is 7.39. The van der Waals surface area contributed by atoms with Crippen LogP contribution >= 0.6 is 0 Å². The second-order valence-corrected chi connectivity index (χ2v) is 5.06. The van der Waals surface area contributed by atoms with E-state index in [4.69, 9.17) is 4.74 Å². The normalized spacial score (nSPS) is 11.5. The van der Waals surface area contributed by atoms with Crippen LogP contribution < -0.4 is 9.64 Å². The molecule has 1 N–H and O–H groups in total. The molecule has 0 bridgehead atoms. The smallest absolute Gasteiger partial charge is 0.292 e. The summed E-state index contributed by atoms with van der Waals surface area (Å²) >= 11 is 0. The second kappa shape index (κ2) is 8.26. The molecular weight excluding hydrogens is 312 g/mol. The maximum Gasteiger partial charge on any atom is 0.292 e. The molecule has 0 aliphatic heterocycles. The fourth-order valence-electron chi connectivity index (χ4n) is 2.38. The zero-order valence-corrected chi connectivity index (χ0v) is 13.3. The number of halogens is 2. The van der Waals surface area contributed by atoms with Crippen LogP contribution in [0.4, 0.5) is 14.5 Å². The minimum atomic E-state index is -1.94. The van der Waals surface area contributed by atoms with Crippen LogP contribution in [0.25, 0.3) is 0 Å². The lowest BCUT2D eigenvalue weighted by atomic mass is 10.1. The van der Waals surface area contributed by atoms with E-state index in [9.17, 15) is 13.9 Å². The van der Waals surface area contributed by atoms with Gasteiger partial charge in [0.05, 0.1) is 7.11 Å². The van der Waals surface area contributed by atoms with Crippen molar-refractivity contribution in [3.05, 3.63) is 84.6 Å². The first kappa shape index (κ1) is 17.7. The molecule has 0 aliphatic carbocycles. The summed E-state index contributed by atoms with van der Waals surface area (Å²) in [5.74, 6) is 0.618. The summed E-state index contributed by atoms with van der Waals surface area (Å²) in [7, 11) is 1.53. The fourth-order valence-corrected chi connectivity index (χ4v) is 2.38. The van der Waals surface area contributed by atoms with Gasteiger partial charge in [-0.05, 0) is 29.8 Å². The molecule has 0 aromatic heterocycles. The number of aliphatic hydroxyl groups is 1. The molecule has 0 radical (unpaired) electrons. The minimum absolute atomic E-state index is 0.128. The van der Waals surface area contributed by atoms with Crippen molar-refractivity contribution >= 4 is 5.69 Å². The number of benzene rings is 2. The number of hydrogen-bond acceptors (Lipinski definition) is 3. The van der Waals surface area contributed by atoms with Crippen LogP contribution in [0, 0.1) is 0 Å². The Labute approximate surface area is 140 Å². The topological polar surface area (TPSA) is 32.7 Å². The first-order valence-corrected chi connectivity index (χ1v) is 7.39. The van der Waals surface area contributed by atoms with Gasteiger partial charge in [-0.15, -0.1) is 6.58 Å². The Balaban J connectivity index is 2.44. The van der Waals surface area contributed by atoms with Gasteiger partial charge in [0.25, 0.3) is 6.08 Å². The molecule has 0 saturated heterocycles. The van der Waals surface area contributed by atoms with Crippen molar-refractivity contribution in [2.75, 3.05) is 18.6 Å². The highest BCUT2D eigenvalue weighted by Gasteiger charge is 2.25. The van der Waals surface area contributed by atoms with Gasteiger partial charge in [-0.25, -0.2) is 0 Å². The highest BCUT2D eigenvalue weighted by molar-refractivity contribution is 5.56. The second-order valence-electron chi connectivity index (χ2n) is 5.06. The summed E-state index contributed by atoms with van der Waals surface area (Å²) in [6, 6.07) is 15.0. The number of rotatable bonds is 7. The van der Waals surface area contributed by atoms with E-state index in [0.717, 1.165) is 0 Å². The zero-order valence-electron chi connectivity index (χ0n) is 13.3. The monoisotopic (exact) mass is 331 g/mol. The van der Waals surface area contributed by atoms with Crippen molar-refractivity contribution in [2.24, 2.45) is 0 Å². The maximum absolute atomic E-state index is 13.7. The van der Waals surface area contributed by atoms with Crippen molar-refractivity contribution in [1.82, 2.24) is 0 Å². The van der Waals surface area contributed by atoms with E-state index in [1.807, 2.05) is 0 Å². The Morgan fingerprint density at radius 3 is 2.29 bits per heavy atom. The van der Waals surface area contributed by atoms with Gasteiger partial charge in [-0.2, -0.15) is 8.78 Å². The summed E-state index contributed by atoms with van der Waals surface area (Å²) in [4.78, 5) is 1.33. The van der Waals surface area contributed by atoms with Gasteiger partial charge in [0, 0.05) is 12.2 Å². The Kier molecular flexibility index (Phi) is 6.09. The van der Waals surface area contributed by atoms with E-state index >= 15 is 0 Å². The van der Waals surface area contributed by atoms with Crippen molar-refractivity contribution in [1.29, 1.82) is 0 Å². The number of anilines is 1. The Morgan fingerprint density at radius 2 is 1.79 bits per heavy atom. The average molecular weight is 331 g/mol. The van der Waals surface area contributed by atoms with E-state index in [1.54, 1.807) is 54.6 Å². The van der Waals surface area contributed by atoms with E-state index in [2.05, 4.69) is 6.58 Å². The average Bonchev–Trinajstić information content (AvgIpc) is 2.61. The number of methoxy groups -OCH3 is 1. The lowest BCUT2D eigenvalue weighted by Gasteiger charge is -2.29. The van der Waals surface area contributed by atoms with Crippen molar-refractivity contribution in [2.45, 2.75) is 6.10 Å². The van der Waals surface area contributed by atoms with Crippen LogP contribution in [-0.2, 0) is 0 Å². The Hall–Kier alpha value is -2.66. The van der Waals surface area contributed by atoms with Gasteiger partial charge in [-0.1, -0.05) is 36.4 Å². The highest BCUT2D eigenvalue weighted by atomic mass is 19.3. The minimum Gasteiger partial charge on any atom is -0.497 e. The molecule has 0 fully saturated rings. The molecule has 24 heavy (non-hydrogen) atoms. The number of aliphatic hydroxyl groups excluding tert-OH is 1. The largest absolute Gasteiger partial charge is 0.497 e. The van der Waals surface area contributed by atoms with Crippen molar-refractivity contribution < 1.29 is 18.6 Å². The van der Waals surface area contributed by atoms with Crippen LogP contribution in [0.2, 0.25) is 0 Å². The highest BCUT2D eigenvalue weighted by Crippen LogP contribution is 2.33. The van der Waals surface area contributed by atoms with E-state index in [-0.39, 0.29) is 6.54 Å². The van der Waals surface area contributed by atoms with Crippen LogP contribution in [-0.4, -0.2) is 18.8 Å². The Morgan fingerprint density at radius 1 is 1.17 bits per heavy atom. The lowest BCUT2D eigenvalue weighted by molar-refractivity contribution is 0.201. The van der Waals surface area contributed by atoms with E-state index < -0.39 is 17.9 Å². The van der Waals surface area contributed by atoms with Crippen LogP contribution in [0.5, 0.6) is 5.75 Å². The van der Waals surface area contributed by atoms with Crippen LogP contribution in [0.3, 0.4) is 0 Å². The molecule has 0 aliphatic rings. The van der Waals surface area contributed by atoms with Crippen LogP contribution in [0.1, 0.15) is 11.7 Å². The van der Waals surface area contributed by atoms with Crippen molar-refractivity contribution in [3.8, 4) is 5.75 Å². The van der Waals surface area contributed by atoms with Gasteiger partial charge < -0.3 is 14.7 Å². The molecule has 0 heterocycles. The Bertz CT molecular complexity index is 695. The first-order chi connectivity index (χ1) is 11.6. The molecule has 1 atom stereocenters. The van der Waals surface area contributed by atoms with Gasteiger partial charge in [-0.3, -0.25) is 0 Å². The van der Waals surface area contributed by atoms with E-state index in [0.29, 0.717) is 17.0 Å². The molecule has 126 valence electrons. The van der Waals surface area contributed by atoms with Gasteiger partial charge >= 0.3 is 0 Å². The van der Waals surface area contributed by atoms with Gasteiger partial charge in [0.2, 0.25) is 0 Å². The van der Waals surface area contributed by atoms with Gasteiger partial charge in [0.1, 0.15) is 17.6 Å². The predicted molar refractivity (Wildman–Crippen MR) is 91.2 cm³/mol. The summed E-state index contributed by atoms with van der Waals surface area (Å²) < 4.78 is 32.4. The number of hydrogen-bond donors (Lipinski definition) is 1. The molecule has 0 spiro atoms. The molecule has 0 amide bonds. The predicted octanol–water partition coefficient (Wildman–Crippen LogP) is 4.53. The summed E-state index contributed by atoms with van der Waals surface area (Å²) in [5.41, 5.74) is 0.433. The molecule has 2 aromatic rings. The molecule has 5 heteroatoms. The summed E-state index contributed by atoms with van der Waals surface area (Å²) in [6.07, 6.45) is -1.88. The third-order valence-electron chi connectivity index (χ3n) is 3.55. The summed E-state index contributed by atoms with van der Waals surface area (Å²) in [6.45, 7) is 3.75.